The van der Waals surface area contributed by atoms with E-state index in [-0.39, 0.29) is 27.1 Å². The van der Waals surface area contributed by atoms with Crippen LogP contribution in [0.4, 0.5) is 10.1 Å². The molecule has 0 aliphatic carbocycles. The van der Waals surface area contributed by atoms with Gasteiger partial charge >= 0.3 is 0 Å². The Hall–Kier alpha value is -2.49. The summed E-state index contributed by atoms with van der Waals surface area (Å²) in [6.07, 6.45) is 0.877. The number of nitrogens with one attached hydrogen (secondary N) is 2. The van der Waals surface area contributed by atoms with Crippen molar-refractivity contribution in [3.63, 3.8) is 0 Å². The number of aryl methyl sites for hydroxylation is 1. The fourth-order valence-corrected chi connectivity index (χ4v) is 5.24. The summed E-state index contributed by atoms with van der Waals surface area (Å²) in [6.45, 7) is 9.58. The van der Waals surface area contributed by atoms with Crippen LogP contribution in [0.25, 0.3) is 11.4 Å². The van der Waals surface area contributed by atoms with E-state index in [1.807, 2.05) is 11.5 Å². The summed E-state index contributed by atoms with van der Waals surface area (Å²) in [6, 6.07) is 9.24. The zero-order valence-corrected chi connectivity index (χ0v) is 20.6. The van der Waals surface area contributed by atoms with Gasteiger partial charge in [0.15, 0.2) is 5.82 Å². The molecule has 0 unspecified atom stereocenters. The average Bonchev–Trinajstić information content (AvgIpc) is 3.39. The number of benzene rings is 2. The van der Waals surface area contributed by atoms with Crippen LogP contribution in [-0.2, 0) is 15.4 Å². The van der Waals surface area contributed by atoms with E-state index < -0.39 is 15.8 Å². The van der Waals surface area contributed by atoms with E-state index in [1.54, 1.807) is 24.3 Å². The topological polar surface area (TPSA) is 88.9 Å². The van der Waals surface area contributed by atoms with Crippen molar-refractivity contribution in [1.82, 2.24) is 20.1 Å². The lowest BCUT2D eigenvalue weighted by Gasteiger charge is -2.20. The molecule has 3 aromatic rings. The molecule has 7 nitrogen and oxygen atoms in total. The molecule has 1 fully saturated rings. The third kappa shape index (κ3) is 4.76. The first-order valence-corrected chi connectivity index (χ1v) is 12.6. The van der Waals surface area contributed by atoms with E-state index in [4.69, 9.17) is 11.6 Å². The smallest absolute Gasteiger partial charge is 0.261 e. The molecule has 0 spiro atoms. The Bertz CT molecular complexity index is 1280. The van der Waals surface area contributed by atoms with Crippen LogP contribution in [0.15, 0.2) is 41.3 Å². The number of sulfonamides is 1. The molecular weight excluding hydrogens is 465 g/mol. The first-order chi connectivity index (χ1) is 15.5. The third-order valence-electron chi connectivity index (χ3n) is 5.84. The first-order valence-electron chi connectivity index (χ1n) is 10.7. The molecule has 2 aromatic carbocycles. The van der Waals surface area contributed by atoms with E-state index in [1.165, 1.54) is 6.07 Å². The van der Waals surface area contributed by atoms with Gasteiger partial charge in [-0.25, -0.2) is 12.8 Å². The fraction of sp³-hybridized carbons (Fsp3) is 0.391. The molecule has 33 heavy (non-hydrogen) atoms. The highest BCUT2D eigenvalue weighted by atomic mass is 35.5. The van der Waals surface area contributed by atoms with E-state index in [9.17, 15) is 12.8 Å². The Labute approximate surface area is 198 Å². The molecule has 176 valence electrons. The molecule has 0 bridgehead atoms. The highest BCUT2D eigenvalue weighted by molar-refractivity contribution is 7.92. The fourth-order valence-electron chi connectivity index (χ4n) is 4.00. The number of anilines is 1. The zero-order chi connectivity index (χ0) is 24.0. The summed E-state index contributed by atoms with van der Waals surface area (Å²) < 4.78 is 45.2. The Kier molecular flexibility index (Phi) is 6.24. The second kappa shape index (κ2) is 8.70. The molecule has 0 radical (unpaired) electrons. The van der Waals surface area contributed by atoms with Crippen molar-refractivity contribution in [2.45, 2.75) is 50.5 Å². The van der Waals surface area contributed by atoms with Crippen molar-refractivity contribution in [2.75, 3.05) is 17.8 Å². The van der Waals surface area contributed by atoms with Crippen LogP contribution in [0.1, 0.15) is 44.6 Å². The van der Waals surface area contributed by atoms with Crippen LogP contribution in [-0.4, -0.2) is 36.3 Å². The van der Waals surface area contributed by atoms with Crippen molar-refractivity contribution in [3.05, 3.63) is 58.6 Å². The molecule has 2 heterocycles. The summed E-state index contributed by atoms with van der Waals surface area (Å²) in [5.41, 5.74) is 1.31. The molecule has 1 saturated heterocycles. The van der Waals surface area contributed by atoms with Gasteiger partial charge in [0.05, 0.1) is 21.6 Å². The van der Waals surface area contributed by atoms with Gasteiger partial charge in [0.25, 0.3) is 10.0 Å². The summed E-state index contributed by atoms with van der Waals surface area (Å²) >= 11 is 6.08. The van der Waals surface area contributed by atoms with Crippen LogP contribution in [0.5, 0.6) is 0 Å². The standard InChI is InChI=1S/C23H27ClFN5O2S/c1-14-27-28-22(30(14)16-9-10-26-13-16)18-11-19(24)20(25)12-21(18)29-33(31,32)17-7-5-15(6-8-17)23(2,3)4/h5-8,11-12,16,26,29H,9-10,13H2,1-4H3/t16-/m0/s1. The van der Waals surface area contributed by atoms with Gasteiger partial charge in [-0.15, -0.1) is 10.2 Å². The first kappa shape index (κ1) is 23.7. The lowest BCUT2D eigenvalue weighted by molar-refractivity contribution is 0.537. The molecule has 1 aliphatic rings. The summed E-state index contributed by atoms with van der Waals surface area (Å²) in [5, 5.41) is 11.6. The molecule has 4 rings (SSSR count). The Balaban J connectivity index is 1.76. The lowest BCUT2D eigenvalue weighted by Crippen LogP contribution is -2.17. The highest BCUT2D eigenvalue weighted by Crippen LogP contribution is 2.36. The maximum Gasteiger partial charge on any atom is 0.261 e. The second-order valence-corrected chi connectivity index (χ2v) is 11.4. The zero-order valence-electron chi connectivity index (χ0n) is 19.0. The Morgan fingerprint density at radius 3 is 2.48 bits per heavy atom. The van der Waals surface area contributed by atoms with Crippen LogP contribution in [0.2, 0.25) is 5.02 Å². The number of nitrogens with zero attached hydrogens (tertiary/aromatic N) is 3. The number of hydrogen-bond donors (Lipinski definition) is 2. The van der Waals surface area contributed by atoms with Crippen molar-refractivity contribution in [3.8, 4) is 11.4 Å². The van der Waals surface area contributed by atoms with Gasteiger partial charge in [0.1, 0.15) is 11.6 Å². The van der Waals surface area contributed by atoms with E-state index in [0.29, 0.717) is 17.2 Å². The predicted octanol–water partition coefficient (Wildman–Crippen LogP) is 4.68. The van der Waals surface area contributed by atoms with E-state index in [0.717, 1.165) is 31.1 Å². The van der Waals surface area contributed by atoms with Crippen LogP contribution >= 0.6 is 11.6 Å². The highest BCUT2D eigenvalue weighted by Gasteiger charge is 2.27. The summed E-state index contributed by atoms with van der Waals surface area (Å²) in [4.78, 5) is 0.0782. The largest absolute Gasteiger partial charge is 0.315 e. The number of rotatable bonds is 5. The molecule has 1 aromatic heterocycles. The summed E-state index contributed by atoms with van der Waals surface area (Å²) in [5.74, 6) is 0.390. The number of halogens is 2. The molecule has 1 aliphatic heterocycles. The normalized spacial score (nSPS) is 16.8. The van der Waals surface area contributed by atoms with Crippen molar-refractivity contribution < 1.29 is 12.8 Å². The van der Waals surface area contributed by atoms with Crippen LogP contribution in [0.3, 0.4) is 0 Å². The maximum atomic E-state index is 14.4. The quantitative estimate of drug-likeness (QED) is 0.541. The van der Waals surface area contributed by atoms with E-state index in [2.05, 4.69) is 41.0 Å². The summed E-state index contributed by atoms with van der Waals surface area (Å²) in [7, 11) is -3.99. The predicted molar refractivity (Wildman–Crippen MR) is 128 cm³/mol. The van der Waals surface area contributed by atoms with Gasteiger partial charge < -0.3 is 9.88 Å². The van der Waals surface area contributed by atoms with Crippen molar-refractivity contribution in [2.24, 2.45) is 0 Å². The number of hydrogen-bond acceptors (Lipinski definition) is 5. The van der Waals surface area contributed by atoms with Gasteiger partial charge in [0, 0.05) is 18.2 Å². The minimum Gasteiger partial charge on any atom is -0.315 e. The monoisotopic (exact) mass is 491 g/mol. The van der Waals surface area contributed by atoms with Gasteiger partial charge in [-0.05, 0) is 49.1 Å². The maximum absolute atomic E-state index is 14.4. The number of aromatic nitrogens is 3. The second-order valence-electron chi connectivity index (χ2n) is 9.28. The molecule has 0 amide bonds. The van der Waals surface area contributed by atoms with Gasteiger partial charge in [-0.1, -0.05) is 44.5 Å². The Morgan fingerprint density at radius 2 is 1.88 bits per heavy atom. The SMILES string of the molecule is Cc1nnc(-c2cc(Cl)c(F)cc2NS(=O)(=O)c2ccc(C(C)(C)C)cc2)n1[C@H]1CCNC1. The minimum absolute atomic E-state index is 0.0522. The van der Waals surface area contributed by atoms with Gasteiger partial charge in [-0.3, -0.25) is 4.72 Å². The molecule has 1 atom stereocenters. The molecule has 2 N–H and O–H groups in total. The molecule has 0 saturated carbocycles. The molecular formula is C23H27ClFN5O2S. The van der Waals surface area contributed by atoms with Gasteiger partial charge in [0.2, 0.25) is 0 Å². The Morgan fingerprint density at radius 1 is 1.18 bits per heavy atom. The lowest BCUT2D eigenvalue weighted by atomic mass is 9.87. The molecule has 10 heteroatoms. The van der Waals surface area contributed by atoms with Crippen molar-refractivity contribution in [1.29, 1.82) is 0 Å². The third-order valence-corrected chi connectivity index (χ3v) is 7.51. The minimum atomic E-state index is -3.99. The van der Waals surface area contributed by atoms with Gasteiger partial charge in [-0.2, -0.15) is 0 Å². The van der Waals surface area contributed by atoms with Crippen LogP contribution < -0.4 is 10.0 Å². The van der Waals surface area contributed by atoms with Crippen LogP contribution in [0, 0.1) is 12.7 Å². The van der Waals surface area contributed by atoms with E-state index >= 15 is 0 Å². The van der Waals surface area contributed by atoms with Crippen molar-refractivity contribution >= 4 is 27.3 Å². The average molecular weight is 492 g/mol.